The van der Waals surface area contributed by atoms with Gasteiger partial charge in [-0.05, 0) is 25.7 Å². The van der Waals surface area contributed by atoms with Gasteiger partial charge in [-0.2, -0.15) is 30.7 Å². The molecular formula is C23H26N10O2. The van der Waals surface area contributed by atoms with Gasteiger partial charge in [-0.25, -0.2) is 0 Å². The monoisotopic (exact) mass is 474 g/mol. The lowest BCUT2D eigenvalue weighted by atomic mass is 10.0. The molecule has 1 fully saturated rings. The first-order chi connectivity index (χ1) is 16.9. The number of nitrogens with zero attached hydrogens (tertiary/aromatic N) is 8. The molecule has 12 heteroatoms. The molecule has 180 valence electrons. The van der Waals surface area contributed by atoms with Crippen LogP contribution in [0.4, 0.5) is 11.6 Å². The van der Waals surface area contributed by atoms with Crippen molar-refractivity contribution in [2.45, 2.75) is 46.3 Å². The van der Waals surface area contributed by atoms with E-state index in [0.717, 1.165) is 6.54 Å². The van der Waals surface area contributed by atoms with E-state index in [1.165, 1.54) is 0 Å². The number of aromatic amines is 1. The van der Waals surface area contributed by atoms with Crippen molar-refractivity contribution >= 4 is 28.6 Å². The van der Waals surface area contributed by atoms with Gasteiger partial charge < -0.3 is 15.0 Å². The highest BCUT2D eigenvalue weighted by Gasteiger charge is 2.29. The van der Waals surface area contributed by atoms with E-state index in [4.69, 9.17) is 4.74 Å². The predicted octanol–water partition coefficient (Wildman–Crippen LogP) is 2.66. The zero-order valence-electron chi connectivity index (χ0n) is 19.8. The number of hydrogen-bond acceptors (Lipinski definition) is 9. The molecule has 0 radical (unpaired) electrons. The number of likely N-dealkylation sites (tertiary alicyclic amines) is 1. The van der Waals surface area contributed by atoms with Crippen molar-refractivity contribution in [3.8, 4) is 18.0 Å². The van der Waals surface area contributed by atoms with Gasteiger partial charge in [-0.1, -0.05) is 19.9 Å². The Labute approximate surface area is 202 Å². The maximum absolute atomic E-state index is 12.9. The van der Waals surface area contributed by atoms with E-state index in [9.17, 15) is 15.3 Å². The average molecular weight is 475 g/mol. The lowest BCUT2D eigenvalue weighted by Gasteiger charge is -2.32. The largest absolute Gasteiger partial charge is 0.472 e. The number of carbonyl (C=O) groups excluding carboxylic acids is 1. The summed E-state index contributed by atoms with van der Waals surface area (Å²) in [5.74, 6) is 0.219. The maximum atomic E-state index is 12.9. The Hall–Kier alpha value is -4.45. The van der Waals surface area contributed by atoms with Crippen LogP contribution in [-0.2, 0) is 11.3 Å². The van der Waals surface area contributed by atoms with Crippen molar-refractivity contribution < 1.29 is 9.53 Å². The number of nitrogens with one attached hydrogen (secondary N) is 2. The Bertz CT molecular complexity index is 1340. The van der Waals surface area contributed by atoms with Crippen molar-refractivity contribution in [3.63, 3.8) is 0 Å². The maximum Gasteiger partial charge on any atom is 0.264 e. The van der Waals surface area contributed by atoms with Gasteiger partial charge in [0, 0.05) is 19.3 Å². The van der Waals surface area contributed by atoms with Gasteiger partial charge in [0.15, 0.2) is 11.3 Å². The number of amides is 1. The number of aromatic nitrogens is 6. The molecule has 4 heterocycles. The van der Waals surface area contributed by atoms with E-state index >= 15 is 0 Å². The van der Waals surface area contributed by atoms with Crippen LogP contribution in [0.2, 0.25) is 0 Å². The molecule has 12 nitrogen and oxygen atoms in total. The van der Waals surface area contributed by atoms with Gasteiger partial charge in [0.25, 0.3) is 5.91 Å². The number of hydrogen-bond donors (Lipinski definition) is 2. The van der Waals surface area contributed by atoms with Gasteiger partial charge in [-0.3, -0.25) is 14.6 Å². The molecule has 0 spiro atoms. The van der Waals surface area contributed by atoms with E-state index in [1.807, 2.05) is 33.0 Å². The molecule has 1 atom stereocenters. The summed E-state index contributed by atoms with van der Waals surface area (Å²) in [5.41, 5.74) is 1.30. The molecule has 3 aromatic rings. The number of carbonyl (C=O) groups is 1. The minimum atomic E-state index is -0.373. The Kier molecular flexibility index (Phi) is 6.92. The molecule has 1 aliphatic heterocycles. The molecule has 0 saturated carbocycles. The summed E-state index contributed by atoms with van der Waals surface area (Å²) < 4.78 is 7.99. The Morgan fingerprint density at radius 2 is 2.23 bits per heavy atom. The molecule has 3 aromatic heterocycles. The minimum absolute atomic E-state index is 0.0839. The second kappa shape index (κ2) is 10.2. The second-order valence-corrected chi connectivity index (χ2v) is 8.54. The fourth-order valence-electron chi connectivity index (χ4n) is 3.88. The third-order valence-electron chi connectivity index (χ3n) is 5.50. The van der Waals surface area contributed by atoms with Gasteiger partial charge in [-0.15, -0.1) is 0 Å². The first-order valence-electron chi connectivity index (χ1n) is 11.4. The third kappa shape index (κ3) is 5.22. The van der Waals surface area contributed by atoms with Crippen molar-refractivity contribution in [2.75, 3.05) is 18.4 Å². The quantitative estimate of drug-likeness (QED) is 0.387. The van der Waals surface area contributed by atoms with E-state index in [0.29, 0.717) is 37.0 Å². The number of fused-ring (bicyclic) bond motifs is 1. The standard InChI is InChI=1S/C23H26N10O2/c1-4-33-12-16(11-26-33)27-23-28-20-19(18(10-25)30-31-20)21(29-23)35-17-6-5-7-32(13-17)22(34)15(9-24)8-14(2)3/h8,11-12,14,17H,4-7,13H2,1-3H3,(H2,27,28,29,30,31)/b15-8+/t17-/m1/s1. The summed E-state index contributed by atoms with van der Waals surface area (Å²) in [5, 5.41) is 33.4. The van der Waals surface area contributed by atoms with Crippen LogP contribution in [0.15, 0.2) is 24.0 Å². The molecule has 35 heavy (non-hydrogen) atoms. The van der Waals surface area contributed by atoms with Gasteiger partial charge in [0.2, 0.25) is 11.8 Å². The number of anilines is 2. The molecule has 2 N–H and O–H groups in total. The highest BCUT2D eigenvalue weighted by atomic mass is 16.5. The van der Waals surface area contributed by atoms with Crippen molar-refractivity contribution in [2.24, 2.45) is 5.92 Å². The highest BCUT2D eigenvalue weighted by molar-refractivity contribution is 5.97. The van der Waals surface area contributed by atoms with Crippen LogP contribution in [-0.4, -0.2) is 59.9 Å². The average Bonchev–Trinajstić information content (AvgIpc) is 3.48. The number of rotatable bonds is 7. The first-order valence-corrected chi connectivity index (χ1v) is 11.4. The van der Waals surface area contributed by atoms with Crippen LogP contribution in [0, 0.1) is 28.6 Å². The van der Waals surface area contributed by atoms with Crippen LogP contribution in [0.25, 0.3) is 11.0 Å². The molecule has 0 unspecified atom stereocenters. The van der Waals surface area contributed by atoms with Crippen molar-refractivity contribution in [1.29, 1.82) is 10.5 Å². The first kappa shape index (κ1) is 23.7. The molecule has 0 aromatic carbocycles. The van der Waals surface area contributed by atoms with Gasteiger partial charge in [0.05, 0.1) is 18.4 Å². The molecule has 1 saturated heterocycles. The van der Waals surface area contributed by atoms with Crippen LogP contribution < -0.4 is 10.1 Å². The van der Waals surface area contributed by atoms with Crippen molar-refractivity contribution in [3.05, 3.63) is 29.7 Å². The smallest absolute Gasteiger partial charge is 0.264 e. The van der Waals surface area contributed by atoms with Crippen LogP contribution in [0.1, 0.15) is 39.3 Å². The summed E-state index contributed by atoms with van der Waals surface area (Å²) >= 11 is 0. The molecule has 0 aliphatic carbocycles. The number of nitriles is 2. The summed E-state index contributed by atoms with van der Waals surface area (Å²) in [6, 6.07) is 4.07. The topological polar surface area (TPSA) is 161 Å². The number of ether oxygens (including phenoxy) is 1. The lowest BCUT2D eigenvalue weighted by molar-refractivity contribution is -0.129. The third-order valence-corrected chi connectivity index (χ3v) is 5.50. The van der Waals surface area contributed by atoms with E-state index in [2.05, 4.69) is 36.7 Å². The number of aryl methyl sites for hydroxylation is 1. The summed E-state index contributed by atoms with van der Waals surface area (Å²) in [4.78, 5) is 23.4. The summed E-state index contributed by atoms with van der Waals surface area (Å²) in [6.07, 6.45) is 6.18. The zero-order valence-corrected chi connectivity index (χ0v) is 19.8. The number of allylic oxidation sites excluding steroid dienone is 1. The van der Waals surface area contributed by atoms with Crippen LogP contribution >= 0.6 is 0 Å². The second-order valence-electron chi connectivity index (χ2n) is 8.54. The minimum Gasteiger partial charge on any atom is -0.472 e. The van der Waals surface area contributed by atoms with Gasteiger partial charge >= 0.3 is 0 Å². The summed E-state index contributed by atoms with van der Waals surface area (Å²) in [7, 11) is 0. The Morgan fingerprint density at radius 3 is 2.91 bits per heavy atom. The SMILES string of the molecule is CCn1cc(Nc2nc(O[C@@H]3CCCN(C(=O)/C(C#N)=C/C(C)C)C3)c3c(C#N)[nH]nc3n2)cn1. The van der Waals surface area contributed by atoms with E-state index in [1.54, 1.807) is 21.9 Å². The Morgan fingerprint density at radius 1 is 1.40 bits per heavy atom. The molecular weight excluding hydrogens is 448 g/mol. The molecule has 4 rings (SSSR count). The number of H-pyrrole nitrogens is 1. The lowest BCUT2D eigenvalue weighted by Crippen LogP contribution is -2.45. The van der Waals surface area contributed by atoms with E-state index in [-0.39, 0.29) is 46.7 Å². The fourth-order valence-corrected chi connectivity index (χ4v) is 3.88. The highest BCUT2D eigenvalue weighted by Crippen LogP contribution is 2.29. The number of piperidine rings is 1. The Balaban J connectivity index is 1.59. The molecule has 1 amide bonds. The zero-order chi connectivity index (χ0) is 24.9. The molecule has 0 bridgehead atoms. The van der Waals surface area contributed by atoms with Gasteiger partial charge in [0.1, 0.15) is 29.2 Å². The van der Waals surface area contributed by atoms with Crippen LogP contribution in [0.5, 0.6) is 5.88 Å². The predicted molar refractivity (Wildman–Crippen MR) is 126 cm³/mol. The normalized spacial score (nSPS) is 16.2. The fraction of sp³-hybridized carbons (Fsp3) is 0.435. The van der Waals surface area contributed by atoms with Crippen LogP contribution in [0.3, 0.4) is 0 Å². The van der Waals surface area contributed by atoms with E-state index < -0.39 is 0 Å². The molecule has 1 aliphatic rings. The summed E-state index contributed by atoms with van der Waals surface area (Å²) in [6.45, 7) is 7.38. The van der Waals surface area contributed by atoms with Crippen molar-refractivity contribution in [1.82, 2.24) is 34.8 Å².